The number of carbonyl (C=O) groups excluding carboxylic acids is 1. The van der Waals surface area contributed by atoms with E-state index in [0.717, 1.165) is 13.1 Å². The lowest BCUT2D eigenvalue weighted by molar-refractivity contribution is -0.120. The van der Waals surface area contributed by atoms with Gasteiger partial charge < -0.3 is 10.6 Å². The smallest absolute Gasteiger partial charge is 0.234 e. The molecule has 0 spiro atoms. The minimum atomic E-state index is 0.0511. The van der Waals surface area contributed by atoms with E-state index in [9.17, 15) is 4.79 Å². The van der Waals surface area contributed by atoms with E-state index in [1.807, 2.05) is 19.9 Å². The molecule has 5 nitrogen and oxygen atoms in total. The molecular formula is C15H24N4O. The molecule has 0 bridgehead atoms. The van der Waals surface area contributed by atoms with E-state index in [4.69, 9.17) is 0 Å². The van der Waals surface area contributed by atoms with Crippen LogP contribution >= 0.6 is 0 Å². The second-order valence-corrected chi connectivity index (χ2v) is 5.53. The lowest BCUT2D eigenvalue weighted by atomic mass is 9.95. The largest absolute Gasteiger partial charge is 0.353 e. The summed E-state index contributed by atoms with van der Waals surface area (Å²) in [7, 11) is 0. The normalized spacial score (nSPS) is 22.1. The van der Waals surface area contributed by atoms with Crippen molar-refractivity contribution in [1.29, 1.82) is 0 Å². The van der Waals surface area contributed by atoms with E-state index in [0.29, 0.717) is 12.5 Å². The van der Waals surface area contributed by atoms with Crippen LogP contribution in [0, 0.1) is 5.92 Å². The number of rotatable bonds is 6. The van der Waals surface area contributed by atoms with Gasteiger partial charge in [-0.15, -0.1) is 0 Å². The molecule has 0 radical (unpaired) electrons. The van der Waals surface area contributed by atoms with Gasteiger partial charge in [0.15, 0.2) is 0 Å². The van der Waals surface area contributed by atoms with Crippen LogP contribution in [0.2, 0.25) is 0 Å². The number of benzene rings is 1. The first-order valence-corrected chi connectivity index (χ1v) is 7.20. The van der Waals surface area contributed by atoms with Crippen molar-refractivity contribution in [3.8, 4) is 0 Å². The van der Waals surface area contributed by atoms with Crippen molar-refractivity contribution in [3.05, 3.63) is 35.9 Å². The Morgan fingerprint density at radius 3 is 2.80 bits per heavy atom. The zero-order chi connectivity index (χ0) is 14.4. The molecule has 0 aromatic heterocycles. The summed E-state index contributed by atoms with van der Waals surface area (Å²) in [6.07, 6.45) is 0. The first kappa shape index (κ1) is 15.0. The highest BCUT2D eigenvalue weighted by Gasteiger charge is 2.27. The van der Waals surface area contributed by atoms with E-state index in [2.05, 4.69) is 45.8 Å². The van der Waals surface area contributed by atoms with Crippen LogP contribution in [-0.2, 0) is 4.79 Å². The topological polar surface area (TPSA) is 65.2 Å². The molecule has 1 aliphatic heterocycles. The Labute approximate surface area is 120 Å². The maximum absolute atomic E-state index is 11.6. The standard InChI is InChI=1S/C15H24N4O/c1-11(2)18-14(20)10-16-8-13-9-17-19-15(13)12-6-4-3-5-7-12/h3-7,11,13,15-17,19H,8-10H2,1-2H3,(H,18,20). The van der Waals surface area contributed by atoms with E-state index < -0.39 is 0 Å². The zero-order valence-electron chi connectivity index (χ0n) is 12.1. The molecule has 1 amide bonds. The van der Waals surface area contributed by atoms with Gasteiger partial charge in [-0.3, -0.25) is 10.2 Å². The Morgan fingerprint density at radius 1 is 1.35 bits per heavy atom. The molecule has 2 rings (SSSR count). The summed E-state index contributed by atoms with van der Waals surface area (Å²) in [4.78, 5) is 11.6. The Kier molecular flexibility index (Phi) is 5.52. The third kappa shape index (κ3) is 4.30. The van der Waals surface area contributed by atoms with Gasteiger partial charge in [0.25, 0.3) is 0 Å². The third-order valence-electron chi connectivity index (χ3n) is 3.39. The van der Waals surface area contributed by atoms with Crippen molar-refractivity contribution in [2.24, 2.45) is 5.92 Å². The van der Waals surface area contributed by atoms with Crippen LogP contribution in [0.25, 0.3) is 0 Å². The molecule has 1 fully saturated rings. The maximum Gasteiger partial charge on any atom is 0.234 e. The molecule has 5 heteroatoms. The van der Waals surface area contributed by atoms with Crippen molar-refractivity contribution in [2.45, 2.75) is 25.9 Å². The van der Waals surface area contributed by atoms with Crippen LogP contribution in [0.15, 0.2) is 30.3 Å². The first-order valence-electron chi connectivity index (χ1n) is 7.20. The Bertz CT molecular complexity index is 421. The fraction of sp³-hybridized carbons (Fsp3) is 0.533. The lowest BCUT2D eigenvalue weighted by Gasteiger charge is -2.19. The van der Waals surface area contributed by atoms with Crippen LogP contribution in [0.3, 0.4) is 0 Å². The molecule has 1 aromatic carbocycles. The van der Waals surface area contributed by atoms with Crippen LogP contribution in [-0.4, -0.2) is 31.6 Å². The van der Waals surface area contributed by atoms with Crippen molar-refractivity contribution >= 4 is 5.91 Å². The van der Waals surface area contributed by atoms with Crippen LogP contribution < -0.4 is 21.5 Å². The summed E-state index contributed by atoms with van der Waals surface area (Å²) in [5.41, 5.74) is 7.78. The molecule has 0 saturated carbocycles. The van der Waals surface area contributed by atoms with Gasteiger partial charge in [-0.25, -0.2) is 5.43 Å². The van der Waals surface area contributed by atoms with Crippen LogP contribution in [0.1, 0.15) is 25.5 Å². The zero-order valence-corrected chi connectivity index (χ0v) is 12.1. The fourth-order valence-corrected chi connectivity index (χ4v) is 2.49. The van der Waals surface area contributed by atoms with Gasteiger partial charge in [-0.1, -0.05) is 30.3 Å². The highest BCUT2D eigenvalue weighted by Crippen LogP contribution is 2.23. The molecule has 1 aromatic rings. The number of amides is 1. The molecule has 4 N–H and O–H groups in total. The van der Waals surface area contributed by atoms with Crippen LogP contribution in [0.4, 0.5) is 0 Å². The van der Waals surface area contributed by atoms with Gasteiger partial charge in [-0.2, -0.15) is 0 Å². The molecule has 1 aliphatic rings. The Balaban J connectivity index is 1.79. The van der Waals surface area contributed by atoms with Crippen molar-refractivity contribution in [2.75, 3.05) is 19.6 Å². The minimum Gasteiger partial charge on any atom is -0.353 e. The maximum atomic E-state index is 11.6. The van der Waals surface area contributed by atoms with Gasteiger partial charge in [0.2, 0.25) is 5.91 Å². The van der Waals surface area contributed by atoms with Gasteiger partial charge in [0.1, 0.15) is 0 Å². The van der Waals surface area contributed by atoms with Crippen molar-refractivity contribution < 1.29 is 4.79 Å². The molecule has 20 heavy (non-hydrogen) atoms. The molecule has 1 heterocycles. The van der Waals surface area contributed by atoms with E-state index in [-0.39, 0.29) is 18.0 Å². The summed E-state index contributed by atoms with van der Waals surface area (Å²) < 4.78 is 0. The number of nitrogens with one attached hydrogen (secondary N) is 4. The highest BCUT2D eigenvalue weighted by molar-refractivity contribution is 5.78. The number of hydrogen-bond acceptors (Lipinski definition) is 4. The quantitative estimate of drug-likeness (QED) is 0.613. The number of carbonyl (C=O) groups is 1. The van der Waals surface area contributed by atoms with Crippen molar-refractivity contribution in [1.82, 2.24) is 21.5 Å². The molecule has 1 saturated heterocycles. The molecular weight excluding hydrogens is 252 g/mol. The Morgan fingerprint density at radius 2 is 2.10 bits per heavy atom. The molecule has 2 atom stereocenters. The summed E-state index contributed by atoms with van der Waals surface area (Å²) in [6.45, 7) is 6.02. The summed E-state index contributed by atoms with van der Waals surface area (Å²) >= 11 is 0. The van der Waals surface area contributed by atoms with Gasteiger partial charge in [0.05, 0.1) is 12.6 Å². The number of hydrogen-bond donors (Lipinski definition) is 4. The fourth-order valence-electron chi connectivity index (χ4n) is 2.49. The molecule has 2 unspecified atom stereocenters. The minimum absolute atomic E-state index is 0.0511. The van der Waals surface area contributed by atoms with E-state index in [1.165, 1.54) is 5.56 Å². The van der Waals surface area contributed by atoms with E-state index >= 15 is 0 Å². The third-order valence-corrected chi connectivity index (χ3v) is 3.39. The Hall–Kier alpha value is -1.43. The molecule has 0 aliphatic carbocycles. The second-order valence-electron chi connectivity index (χ2n) is 5.53. The second kappa shape index (κ2) is 7.38. The van der Waals surface area contributed by atoms with Crippen LogP contribution in [0.5, 0.6) is 0 Å². The lowest BCUT2D eigenvalue weighted by Crippen LogP contribution is -2.40. The average Bonchev–Trinajstić information content (AvgIpc) is 2.87. The summed E-state index contributed by atoms with van der Waals surface area (Å²) in [5.74, 6) is 0.486. The monoisotopic (exact) mass is 276 g/mol. The highest BCUT2D eigenvalue weighted by atomic mass is 16.1. The predicted molar refractivity (Wildman–Crippen MR) is 80.0 cm³/mol. The predicted octanol–water partition coefficient (Wildman–Crippen LogP) is 0.566. The van der Waals surface area contributed by atoms with Gasteiger partial charge >= 0.3 is 0 Å². The molecule has 110 valence electrons. The SMILES string of the molecule is CC(C)NC(=O)CNCC1CNNC1c1ccccc1. The summed E-state index contributed by atoms with van der Waals surface area (Å²) in [6, 6.07) is 10.9. The number of hydrazine groups is 1. The summed E-state index contributed by atoms with van der Waals surface area (Å²) in [5, 5.41) is 6.12. The van der Waals surface area contributed by atoms with E-state index in [1.54, 1.807) is 0 Å². The van der Waals surface area contributed by atoms with Gasteiger partial charge in [0, 0.05) is 25.0 Å². The first-order chi connectivity index (χ1) is 9.66. The average molecular weight is 276 g/mol. The van der Waals surface area contributed by atoms with Crippen molar-refractivity contribution in [3.63, 3.8) is 0 Å². The van der Waals surface area contributed by atoms with Gasteiger partial charge in [-0.05, 0) is 19.4 Å².